The summed E-state index contributed by atoms with van der Waals surface area (Å²) in [5.41, 5.74) is 2.31. The summed E-state index contributed by atoms with van der Waals surface area (Å²) in [6, 6.07) is 4.06. The normalized spacial score (nSPS) is 18.7. The number of aromatic amines is 1. The van der Waals surface area contributed by atoms with E-state index in [0.717, 1.165) is 61.9 Å². The van der Waals surface area contributed by atoms with Gasteiger partial charge >= 0.3 is 0 Å². The van der Waals surface area contributed by atoms with E-state index >= 15 is 0 Å². The highest BCUT2D eigenvalue weighted by Gasteiger charge is 2.21. The molecule has 2 aromatic heterocycles. The van der Waals surface area contributed by atoms with Gasteiger partial charge in [-0.25, -0.2) is 9.97 Å². The molecule has 0 aliphatic carbocycles. The average Bonchev–Trinajstić information content (AvgIpc) is 3.09. The second-order valence-electron chi connectivity index (χ2n) is 7.80. The van der Waals surface area contributed by atoms with E-state index in [1.807, 2.05) is 25.4 Å². The van der Waals surface area contributed by atoms with E-state index in [0.29, 0.717) is 17.5 Å². The van der Waals surface area contributed by atoms with Gasteiger partial charge in [0.2, 0.25) is 0 Å². The Bertz CT molecular complexity index is 799. The molecule has 2 aliphatic heterocycles. The van der Waals surface area contributed by atoms with Crippen molar-refractivity contribution in [1.29, 1.82) is 5.41 Å². The molecule has 7 nitrogen and oxygen atoms in total. The van der Waals surface area contributed by atoms with Gasteiger partial charge in [-0.3, -0.25) is 5.41 Å². The van der Waals surface area contributed by atoms with Crippen molar-refractivity contribution in [3.8, 4) is 0 Å². The number of pyridine rings is 1. The standard InChI is InChI=1S/C21H31N7/c1-23-20-16(6-7-18(27-20)28-12-4-2-3-5-13-28)19(22)21-25-14-17(26-21)15-8-10-24-11-9-15/h6-7,14-15,22,24H,2-5,8-13H2,1H3,(H,23,27)(H,25,26). The summed E-state index contributed by atoms with van der Waals surface area (Å²) < 4.78 is 0. The fourth-order valence-electron chi connectivity index (χ4n) is 4.25. The van der Waals surface area contributed by atoms with Crippen molar-refractivity contribution in [1.82, 2.24) is 20.3 Å². The first-order chi connectivity index (χ1) is 13.8. The zero-order chi connectivity index (χ0) is 19.3. The average molecular weight is 382 g/mol. The van der Waals surface area contributed by atoms with Crippen molar-refractivity contribution in [2.45, 2.75) is 44.4 Å². The number of hydrogen-bond donors (Lipinski definition) is 4. The first-order valence-corrected chi connectivity index (χ1v) is 10.5. The van der Waals surface area contributed by atoms with Crippen LogP contribution in [0.2, 0.25) is 0 Å². The molecular formula is C21H31N7. The van der Waals surface area contributed by atoms with E-state index in [2.05, 4.69) is 25.5 Å². The van der Waals surface area contributed by atoms with Gasteiger partial charge in [-0.05, 0) is 50.9 Å². The first kappa shape index (κ1) is 18.9. The predicted molar refractivity (Wildman–Crippen MR) is 114 cm³/mol. The van der Waals surface area contributed by atoms with Crippen molar-refractivity contribution in [3.05, 3.63) is 35.4 Å². The van der Waals surface area contributed by atoms with Crippen LogP contribution in [0.15, 0.2) is 18.3 Å². The number of rotatable bonds is 5. The zero-order valence-electron chi connectivity index (χ0n) is 16.7. The van der Waals surface area contributed by atoms with Gasteiger partial charge in [0.05, 0.1) is 0 Å². The quantitative estimate of drug-likeness (QED) is 0.597. The summed E-state index contributed by atoms with van der Waals surface area (Å²) in [4.78, 5) is 15.1. The van der Waals surface area contributed by atoms with Gasteiger partial charge in [0, 0.05) is 43.5 Å². The van der Waals surface area contributed by atoms with Crippen LogP contribution in [-0.2, 0) is 0 Å². The highest BCUT2D eigenvalue weighted by molar-refractivity contribution is 6.11. The molecule has 4 N–H and O–H groups in total. The second-order valence-corrected chi connectivity index (χ2v) is 7.80. The van der Waals surface area contributed by atoms with Crippen LogP contribution in [0.3, 0.4) is 0 Å². The molecule has 0 saturated carbocycles. The molecular weight excluding hydrogens is 350 g/mol. The fraction of sp³-hybridized carbons (Fsp3) is 0.571. The Balaban J connectivity index is 1.54. The number of piperidine rings is 1. The topological polar surface area (TPSA) is 92.7 Å². The maximum absolute atomic E-state index is 8.69. The van der Waals surface area contributed by atoms with E-state index in [4.69, 9.17) is 10.4 Å². The van der Waals surface area contributed by atoms with Crippen LogP contribution in [0.25, 0.3) is 0 Å². The Morgan fingerprint density at radius 3 is 2.61 bits per heavy atom. The molecule has 2 fully saturated rings. The lowest BCUT2D eigenvalue weighted by Crippen LogP contribution is -2.26. The largest absolute Gasteiger partial charge is 0.373 e. The summed E-state index contributed by atoms with van der Waals surface area (Å²) in [6.07, 6.45) is 9.18. The van der Waals surface area contributed by atoms with Crippen molar-refractivity contribution >= 4 is 17.3 Å². The van der Waals surface area contributed by atoms with Crippen LogP contribution in [-0.4, -0.2) is 53.9 Å². The number of hydrogen-bond acceptors (Lipinski definition) is 6. The van der Waals surface area contributed by atoms with Crippen LogP contribution in [0.4, 0.5) is 11.6 Å². The first-order valence-electron chi connectivity index (χ1n) is 10.5. The van der Waals surface area contributed by atoms with E-state index in [1.54, 1.807) is 0 Å². The molecule has 0 bridgehead atoms. The number of nitrogens with zero attached hydrogens (tertiary/aromatic N) is 3. The molecule has 0 radical (unpaired) electrons. The monoisotopic (exact) mass is 381 g/mol. The lowest BCUT2D eigenvalue weighted by molar-refractivity contribution is 0.454. The van der Waals surface area contributed by atoms with Gasteiger partial charge in [-0.15, -0.1) is 0 Å². The van der Waals surface area contributed by atoms with Crippen molar-refractivity contribution in [3.63, 3.8) is 0 Å². The van der Waals surface area contributed by atoms with Crippen LogP contribution in [0.5, 0.6) is 0 Å². The Hall–Kier alpha value is -2.41. The highest BCUT2D eigenvalue weighted by Crippen LogP contribution is 2.26. The number of anilines is 2. The second kappa shape index (κ2) is 8.73. The minimum absolute atomic E-state index is 0.388. The molecule has 2 aliphatic rings. The molecule has 0 unspecified atom stereocenters. The molecule has 0 amide bonds. The smallest absolute Gasteiger partial charge is 0.156 e. The third kappa shape index (κ3) is 4.04. The fourth-order valence-corrected chi connectivity index (χ4v) is 4.25. The molecule has 2 saturated heterocycles. The van der Waals surface area contributed by atoms with Crippen LogP contribution in [0.1, 0.15) is 61.5 Å². The number of H-pyrrole nitrogens is 1. The maximum Gasteiger partial charge on any atom is 0.156 e. The molecule has 28 heavy (non-hydrogen) atoms. The van der Waals surface area contributed by atoms with Crippen molar-refractivity contribution < 1.29 is 0 Å². The van der Waals surface area contributed by atoms with Gasteiger partial charge < -0.3 is 20.5 Å². The third-order valence-electron chi connectivity index (χ3n) is 5.93. The summed E-state index contributed by atoms with van der Waals surface area (Å²) >= 11 is 0. The molecule has 4 heterocycles. The molecule has 150 valence electrons. The summed E-state index contributed by atoms with van der Waals surface area (Å²) in [6.45, 7) is 4.21. The lowest BCUT2D eigenvalue weighted by atomic mass is 9.95. The van der Waals surface area contributed by atoms with Crippen LogP contribution < -0.4 is 15.5 Å². The predicted octanol–water partition coefficient (Wildman–Crippen LogP) is 3.11. The Kier molecular flexibility index (Phi) is 5.90. The minimum atomic E-state index is 0.388. The van der Waals surface area contributed by atoms with E-state index in [9.17, 15) is 0 Å². The summed E-state index contributed by atoms with van der Waals surface area (Å²) in [5, 5.41) is 15.3. The molecule has 4 rings (SSSR count). The highest BCUT2D eigenvalue weighted by atomic mass is 15.2. The van der Waals surface area contributed by atoms with Crippen LogP contribution in [0, 0.1) is 5.41 Å². The Morgan fingerprint density at radius 2 is 1.89 bits per heavy atom. The summed E-state index contributed by atoms with van der Waals surface area (Å²) in [5.74, 6) is 2.86. The van der Waals surface area contributed by atoms with Crippen LogP contribution >= 0.6 is 0 Å². The molecule has 0 atom stereocenters. The van der Waals surface area contributed by atoms with Gasteiger partial charge in [0.15, 0.2) is 5.82 Å². The zero-order valence-corrected chi connectivity index (χ0v) is 16.7. The molecule has 0 aromatic carbocycles. The van der Waals surface area contributed by atoms with Gasteiger partial charge in [0.25, 0.3) is 0 Å². The number of nitrogens with one attached hydrogen (secondary N) is 4. The summed E-state index contributed by atoms with van der Waals surface area (Å²) in [7, 11) is 1.87. The number of aromatic nitrogens is 3. The molecule has 7 heteroatoms. The maximum atomic E-state index is 8.69. The van der Waals surface area contributed by atoms with Gasteiger partial charge in [-0.1, -0.05) is 12.8 Å². The van der Waals surface area contributed by atoms with Gasteiger partial charge in [-0.2, -0.15) is 0 Å². The van der Waals surface area contributed by atoms with E-state index in [-0.39, 0.29) is 0 Å². The number of imidazole rings is 1. The third-order valence-corrected chi connectivity index (χ3v) is 5.93. The molecule has 0 spiro atoms. The van der Waals surface area contributed by atoms with E-state index in [1.165, 1.54) is 25.7 Å². The van der Waals surface area contributed by atoms with E-state index < -0.39 is 0 Å². The SMILES string of the molecule is CNc1nc(N2CCCCCC2)ccc1C(=N)c1ncc(C2CCNCC2)[nH]1. The van der Waals surface area contributed by atoms with Crippen molar-refractivity contribution in [2.24, 2.45) is 0 Å². The lowest BCUT2D eigenvalue weighted by Gasteiger charge is -2.22. The Morgan fingerprint density at radius 1 is 1.14 bits per heavy atom. The Labute approximate surface area is 166 Å². The van der Waals surface area contributed by atoms with Gasteiger partial charge in [0.1, 0.15) is 17.3 Å². The molecule has 2 aromatic rings. The van der Waals surface area contributed by atoms with Crippen molar-refractivity contribution in [2.75, 3.05) is 43.4 Å². The minimum Gasteiger partial charge on any atom is -0.373 e.